The molecule has 0 spiro atoms. The summed E-state index contributed by atoms with van der Waals surface area (Å²) in [5, 5.41) is 0. The van der Waals surface area contributed by atoms with E-state index >= 15 is 0 Å². The van der Waals surface area contributed by atoms with Gasteiger partial charge in [-0.05, 0) is 6.07 Å². The fourth-order valence-corrected chi connectivity index (χ4v) is 0.984. The summed E-state index contributed by atoms with van der Waals surface area (Å²) in [5.41, 5.74) is 6.58. The number of carbonyl (C=O) groups excluding carboxylic acids is 1. The van der Waals surface area contributed by atoms with Gasteiger partial charge in [0, 0.05) is 11.3 Å². The molecule has 0 saturated heterocycles. The number of nitrogen functional groups attached to an aromatic ring is 1. The normalized spacial score (nSPS) is 9.20. The van der Waals surface area contributed by atoms with Gasteiger partial charge >= 0.3 is 0 Å². The first-order valence-corrected chi connectivity index (χ1v) is 3.44. The predicted molar refractivity (Wildman–Crippen MR) is 40.9 cm³/mol. The summed E-state index contributed by atoms with van der Waals surface area (Å²) in [7, 11) is 0. The number of hydrogen-bond acceptors (Lipinski definition) is 2. The average Bonchev–Trinajstić information content (AvgIpc) is 1.88. The molecule has 0 saturated carbocycles. The van der Waals surface area contributed by atoms with Crippen LogP contribution in [-0.4, -0.2) is 20.9 Å². The van der Waals surface area contributed by atoms with Crippen molar-refractivity contribution in [3.8, 4) is 0 Å². The molecule has 2 radical (unpaired) electrons. The van der Waals surface area contributed by atoms with Crippen LogP contribution in [0.4, 0.5) is 5.69 Å². The molecule has 48 valence electrons. The molecular formula is C7H6AlNO. The summed E-state index contributed by atoms with van der Waals surface area (Å²) < 4.78 is -0.0712. The minimum absolute atomic E-state index is 0.0712. The Hall–Kier alpha value is -0.778. The zero-order chi connectivity index (χ0) is 7.56. The van der Waals surface area contributed by atoms with E-state index < -0.39 is 0 Å². The van der Waals surface area contributed by atoms with Crippen molar-refractivity contribution in [3.05, 3.63) is 29.8 Å². The molecule has 0 unspecified atom stereocenters. The lowest BCUT2D eigenvalue weighted by molar-refractivity contribution is 0.108. The molecule has 0 fully saturated rings. The number of hydrogen-bond donors (Lipinski definition) is 1. The molecule has 0 aliphatic heterocycles. The van der Waals surface area contributed by atoms with Crippen LogP contribution >= 0.6 is 0 Å². The van der Waals surface area contributed by atoms with Gasteiger partial charge in [0.2, 0.25) is 0 Å². The maximum absolute atomic E-state index is 10.7. The maximum atomic E-state index is 10.7. The Morgan fingerprint density at radius 1 is 1.40 bits per heavy atom. The molecule has 0 atom stereocenters. The number of para-hydroxylation sites is 1. The summed E-state index contributed by atoms with van der Waals surface area (Å²) >= 11 is 2.09. The Morgan fingerprint density at radius 2 is 2.00 bits per heavy atom. The van der Waals surface area contributed by atoms with Gasteiger partial charge in [0.15, 0.2) is 0 Å². The molecule has 0 aliphatic carbocycles. The summed E-state index contributed by atoms with van der Waals surface area (Å²) in [6.45, 7) is 0. The Bertz CT molecular complexity index is 260. The van der Waals surface area contributed by atoms with Gasteiger partial charge in [-0.2, -0.15) is 0 Å². The van der Waals surface area contributed by atoms with Crippen LogP contribution < -0.4 is 5.73 Å². The molecule has 3 heteroatoms. The minimum Gasteiger partial charge on any atom is -0.398 e. The third-order valence-corrected chi connectivity index (χ3v) is 1.54. The lowest BCUT2D eigenvalue weighted by Crippen LogP contribution is -2.01. The highest BCUT2D eigenvalue weighted by molar-refractivity contribution is 6.62. The highest BCUT2D eigenvalue weighted by Gasteiger charge is 1.98. The zero-order valence-corrected chi connectivity index (χ0v) is 6.53. The maximum Gasteiger partial charge on any atom is 0.250 e. The Balaban J connectivity index is 3.15. The molecule has 1 aromatic rings. The highest BCUT2D eigenvalue weighted by Crippen LogP contribution is 2.08. The quantitative estimate of drug-likeness (QED) is 0.466. The van der Waals surface area contributed by atoms with Crippen molar-refractivity contribution in [1.82, 2.24) is 0 Å². The molecule has 0 bridgehead atoms. The van der Waals surface area contributed by atoms with Crippen molar-refractivity contribution in [2.45, 2.75) is 0 Å². The molecule has 1 rings (SSSR count). The van der Waals surface area contributed by atoms with E-state index in [1.165, 1.54) is 0 Å². The average molecular weight is 147 g/mol. The summed E-state index contributed by atoms with van der Waals surface area (Å²) in [6, 6.07) is 6.99. The van der Waals surface area contributed by atoms with Gasteiger partial charge in [0.25, 0.3) is 16.3 Å². The first-order chi connectivity index (χ1) is 4.72. The summed E-state index contributed by atoms with van der Waals surface area (Å²) in [5.74, 6) is 0. The zero-order valence-electron chi connectivity index (χ0n) is 5.37. The van der Waals surface area contributed by atoms with Crippen LogP contribution in [0.2, 0.25) is 0 Å². The van der Waals surface area contributed by atoms with Crippen molar-refractivity contribution in [3.63, 3.8) is 0 Å². The van der Waals surface area contributed by atoms with Gasteiger partial charge in [-0.1, -0.05) is 18.2 Å². The van der Waals surface area contributed by atoms with Crippen LogP contribution in [0.5, 0.6) is 0 Å². The summed E-state index contributed by atoms with van der Waals surface area (Å²) in [4.78, 5) is 10.7. The van der Waals surface area contributed by atoms with E-state index in [2.05, 4.69) is 16.3 Å². The fraction of sp³-hybridized carbons (Fsp3) is 0. The molecule has 2 N–H and O–H groups in total. The molecule has 1 aromatic carbocycles. The standard InChI is InChI=1S/C7H6NO.Al/c8-7-4-2-1-3-6(7)5-9;/h1-4H,8H2;. The van der Waals surface area contributed by atoms with E-state index in [1.54, 1.807) is 24.3 Å². The number of rotatable bonds is 1. The van der Waals surface area contributed by atoms with E-state index in [9.17, 15) is 4.79 Å². The van der Waals surface area contributed by atoms with Crippen LogP contribution in [0, 0.1) is 0 Å². The molecule has 10 heavy (non-hydrogen) atoms. The topological polar surface area (TPSA) is 43.1 Å². The van der Waals surface area contributed by atoms with Crippen LogP contribution in [-0.2, 0) is 0 Å². The second-order valence-corrected chi connectivity index (χ2v) is 2.48. The molecule has 0 aromatic heterocycles. The highest BCUT2D eigenvalue weighted by atomic mass is 27.0. The van der Waals surface area contributed by atoms with E-state index in [0.717, 1.165) is 0 Å². The van der Waals surface area contributed by atoms with Gasteiger partial charge < -0.3 is 10.5 Å². The van der Waals surface area contributed by atoms with Crippen LogP contribution in [0.1, 0.15) is 10.4 Å². The van der Waals surface area contributed by atoms with Crippen LogP contribution in [0.15, 0.2) is 24.3 Å². The molecule has 0 aliphatic rings. The van der Waals surface area contributed by atoms with Gasteiger partial charge in [-0.15, -0.1) is 0 Å². The molecule has 2 nitrogen and oxygen atoms in total. The first kappa shape index (κ1) is 7.33. The number of nitrogens with two attached hydrogens (primary N) is 1. The van der Waals surface area contributed by atoms with Gasteiger partial charge in [-0.25, -0.2) is 0 Å². The van der Waals surface area contributed by atoms with E-state index in [1.807, 2.05) is 0 Å². The lowest BCUT2D eigenvalue weighted by Gasteiger charge is -1.99. The van der Waals surface area contributed by atoms with E-state index in [4.69, 9.17) is 5.73 Å². The molecule has 0 heterocycles. The Labute approximate surface area is 67.5 Å². The number of carbonyl (C=O) groups is 1. The number of anilines is 1. The van der Waals surface area contributed by atoms with Crippen molar-refractivity contribution in [2.75, 3.05) is 5.73 Å². The fourth-order valence-electron chi connectivity index (χ4n) is 0.721. The number of benzene rings is 1. The van der Waals surface area contributed by atoms with Gasteiger partial charge in [-0.3, -0.25) is 0 Å². The monoisotopic (exact) mass is 147 g/mol. The lowest BCUT2D eigenvalue weighted by atomic mass is 10.2. The predicted octanol–water partition coefficient (Wildman–Crippen LogP) is 0.578. The largest absolute Gasteiger partial charge is 0.398 e. The smallest absolute Gasteiger partial charge is 0.250 e. The summed E-state index contributed by atoms with van der Waals surface area (Å²) in [6.07, 6.45) is 0. The molecule has 0 amide bonds. The third-order valence-electron chi connectivity index (χ3n) is 1.23. The third kappa shape index (κ3) is 1.38. The molecular weight excluding hydrogens is 141 g/mol. The van der Waals surface area contributed by atoms with E-state index in [-0.39, 0.29) is 4.65 Å². The van der Waals surface area contributed by atoms with E-state index in [0.29, 0.717) is 11.3 Å². The minimum atomic E-state index is -0.0712. The van der Waals surface area contributed by atoms with Gasteiger partial charge in [0.1, 0.15) is 0 Å². The Morgan fingerprint density at radius 3 is 2.40 bits per heavy atom. The van der Waals surface area contributed by atoms with Crippen LogP contribution in [0.3, 0.4) is 0 Å². The Kier molecular flexibility index (Phi) is 2.10. The van der Waals surface area contributed by atoms with Gasteiger partial charge in [0.05, 0.1) is 4.65 Å². The van der Waals surface area contributed by atoms with Crippen molar-refractivity contribution >= 4 is 26.6 Å². The van der Waals surface area contributed by atoms with Crippen LogP contribution in [0.25, 0.3) is 0 Å². The SMILES string of the molecule is Nc1ccccc1[C](=O)[Al]. The van der Waals surface area contributed by atoms with Crippen molar-refractivity contribution < 1.29 is 4.79 Å². The second kappa shape index (κ2) is 2.87. The second-order valence-electron chi connectivity index (χ2n) is 1.95. The van der Waals surface area contributed by atoms with Crippen molar-refractivity contribution in [2.24, 2.45) is 0 Å². The first-order valence-electron chi connectivity index (χ1n) is 2.86. The van der Waals surface area contributed by atoms with Crippen molar-refractivity contribution in [1.29, 1.82) is 0 Å².